The maximum atomic E-state index is 5.97. The van der Waals surface area contributed by atoms with Crippen LogP contribution >= 0.6 is 0 Å². The minimum atomic E-state index is 0.0358. The molecule has 1 aliphatic rings. The normalized spacial score (nSPS) is 19.5. The van der Waals surface area contributed by atoms with Gasteiger partial charge in [-0.2, -0.15) is 5.10 Å². The first-order valence-corrected chi connectivity index (χ1v) is 7.71. The monoisotopic (exact) mass is 293 g/mol. The topological polar surface area (TPSA) is 41.1 Å². The second kappa shape index (κ2) is 5.91. The number of hydrogen-bond acceptors (Lipinski definition) is 3. The van der Waals surface area contributed by atoms with Crippen LogP contribution in [0.25, 0.3) is 10.9 Å². The van der Waals surface area contributed by atoms with Gasteiger partial charge in [-0.15, -0.1) is 0 Å². The van der Waals surface area contributed by atoms with E-state index in [4.69, 9.17) is 4.74 Å². The third kappa shape index (κ3) is 2.63. The number of benzene rings is 2. The molecule has 22 heavy (non-hydrogen) atoms. The molecule has 1 unspecified atom stereocenters. The molecule has 1 aromatic heterocycles. The Hall–Kier alpha value is -2.17. The van der Waals surface area contributed by atoms with Crippen LogP contribution in [0.5, 0.6) is 0 Å². The van der Waals surface area contributed by atoms with Gasteiger partial charge in [-0.3, -0.25) is 10.00 Å². The van der Waals surface area contributed by atoms with Crippen molar-refractivity contribution in [2.75, 3.05) is 19.7 Å². The number of para-hydroxylation sites is 1. The lowest BCUT2D eigenvalue weighted by Gasteiger charge is -2.32. The van der Waals surface area contributed by atoms with Gasteiger partial charge in [0.05, 0.1) is 12.1 Å². The zero-order valence-corrected chi connectivity index (χ0v) is 12.4. The Balaban J connectivity index is 1.53. The van der Waals surface area contributed by atoms with Gasteiger partial charge in [-0.1, -0.05) is 48.5 Å². The summed E-state index contributed by atoms with van der Waals surface area (Å²) in [5.74, 6) is 0. The van der Waals surface area contributed by atoms with Gasteiger partial charge in [-0.05, 0) is 11.6 Å². The minimum Gasteiger partial charge on any atom is -0.369 e. The summed E-state index contributed by atoms with van der Waals surface area (Å²) in [5, 5.41) is 8.75. The molecule has 0 saturated carbocycles. The van der Waals surface area contributed by atoms with Crippen molar-refractivity contribution in [3.8, 4) is 0 Å². The number of fused-ring (bicyclic) bond motifs is 1. The molecule has 2 heterocycles. The summed E-state index contributed by atoms with van der Waals surface area (Å²) in [6, 6.07) is 18.8. The van der Waals surface area contributed by atoms with E-state index >= 15 is 0 Å². The van der Waals surface area contributed by atoms with Crippen LogP contribution in [-0.4, -0.2) is 34.8 Å². The zero-order chi connectivity index (χ0) is 14.8. The first-order valence-electron chi connectivity index (χ1n) is 7.71. The minimum absolute atomic E-state index is 0.0358. The molecule has 0 aliphatic carbocycles. The van der Waals surface area contributed by atoms with Crippen LogP contribution in [0.4, 0.5) is 0 Å². The van der Waals surface area contributed by atoms with Crippen LogP contribution in [0.15, 0.2) is 54.6 Å². The summed E-state index contributed by atoms with van der Waals surface area (Å²) in [6.45, 7) is 3.55. The van der Waals surface area contributed by atoms with Crippen molar-refractivity contribution >= 4 is 10.9 Å². The molecular formula is C18H19N3O. The summed E-state index contributed by atoms with van der Waals surface area (Å²) in [5.41, 5.74) is 3.43. The molecule has 3 aromatic rings. The van der Waals surface area contributed by atoms with Crippen LogP contribution in [0.2, 0.25) is 0 Å². The first-order chi connectivity index (χ1) is 10.9. The Kier molecular flexibility index (Phi) is 3.62. The number of hydrogen-bond donors (Lipinski definition) is 1. The second-order valence-electron chi connectivity index (χ2n) is 5.73. The zero-order valence-electron chi connectivity index (χ0n) is 12.4. The summed E-state index contributed by atoms with van der Waals surface area (Å²) < 4.78 is 5.97. The fourth-order valence-electron chi connectivity index (χ4n) is 3.08. The highest BCUT2D eigenvalue weighted by atomic mass is 16.5. The van der Waals surface area contributed by atoms with Crippen molar-refractivity contribution in [1.82, 2.24) is 15.1 Å². The Morgan fingerprint density at radius 3 is 2.82 bits per heavy atom. The van der Waals surface area contributed by atoms with Gasteiger partial charge < -0.3 is 4.74 Å². The van der Waals surface area contributed by atoms with Crippen LogP contribution in [0, 0.1) is 0 Å². The summed E-state index contributed by atoms with van der Waals surface area (Å²) in [7, 11) is 0. The van der Waals surface area contributed by atoms with E-state index < -0.39 is 0 Å². The lowest BCUT2D eigenvalue weighted by atomic mass is 10.1. The predicted octanol–water partition coefficient (Wildman–Crippen LogP) is 3.14. The number of rotatable bonds is 3. The fraction of sp³-hybridized carbons (Fsp3) is 0.278. The maximum absolute atomic E-state index is 5.97. The lowest BCUT2D eigenvalue weighted by Crippen LogP contribution is -2.38. The molecule has 0 bridgehead atoms. The van der Waals surface area contributed by atoms with Crippen molar-refractivity contribution < 1.29 is 4.74 Å². The van der Waals surface area contributed by atoms with Crippen LogP contribution < -0.4 is 0 Å². The summed E-state index contributed by atoms with van der Waals surface area (Å²) in [4.78, 5) is 2.44. The van der Waals surface area contributed by atoms with Crippen molar-refractivity contribution in [2.45, 2.75) is 12.6 Å². The Labute approximate surface area is 129 Å². The van der Waals surface area contributed by atoms with Gasteiger partial charge in [-0.25, -0.2) is 0 Å². The molecule has 0 amide bonds. The Morgan fingerprint density at radius 2 is 1.91 bits per heavy atom. The highest BCUT2D eigenvalue weighted by Gasteiger charge is 2.25. The molecule has 1 fully saturated rings. The third-order valence-corrected chi connectivity index (χ3v) is 4.20. The van der Waals surface area contributed by atoms with Gasteiger partial charge in [0.2, 0.25) is 0 Å². The SMILES string of the molecule is c1ccc(CN2CCOC(c3n[nH]c4ccccc34)C2)cc1. The summed E-state index contributed by atoms with van der Waals surface area (Å²) >= 11 is 0. The molecular weight excluding hydrogens is 274 g/mol. The van der Waals surface area contributed by atoms with Gasteiger partial charge in [0.15, 0.2) is 0 Å². The number of H-pyrrole nitrogens is 1. The number of nitrogens with one attached hydrogen (secondary N) is 1. The standard InChI is InChI=1S/C18H19N3O/c1-2-6-14(7-3-1)12-21-10-11-22-17(13-21)18-15-8-4-5-9-16(15)19-20-18/h1-9,17H,10-13H2,(H,19,20). The van der Waals surface area contributed by atoms with E-state index in [9.17, 15) is 0 Å². The van der Waals surface area contributed by atoms with Gasteiger partial charge in [0, 0.05) is 25.0 Å². The fourth-order valence-corrected chi connectivity index (χ4v) is 3.08. The van der Waals surface area contributed by atoms with Gasteiger partial charge in [0.25, 0.3) is 0 Å². The smallest absolute Gasteiger partial charge is 0.115 e. The average molecular weight is 293 g/mol. The molecule has 1 atom stereocenters. The van der Waals surface area contributed by atoms with Crippen LogP contribution in [0.1, 0.15) is 17.4 Å². The van der Waals surface area contributed by atoms with Crippen LogP contribution in [0.3, 0.4) is 0 Å². The lowest BCUT2D eigenvalue weighted by molar-refractivity contribution is -0.0343. The van der Waals surface area contributed by atoms with E-state index in [1.165, 1.54) is 5.56 Å². The van der Waals surface area contributed by atoms with Crippen molar-refractivity contribution in [3.63, 3.8) is 0 Å². The molecule has 0 spiro atoms. The number of aromatic nitrogens is 2. The number of morpholine rings is 1. The molecule has 4 rings (SSSR count). The Bertz CT molecular complexity index is 753. The first kappa shape index (κ1) is 13.5. The van der Waals surface area contributed by atoms with Gasteiger partial charge in [0.1, 0.15) is 11.8 Å². The second-order valence-corrected chi connectivity index (χ2v) is 5.73. The predicted molar refractivity (Wildman–Crippen MR) is 86.5 cm³/mol. The molecule has 0 radical (unpaired) electrons. The molecule has 2 aromatic carbocycles. The van der Waals surface area contributed by atoms with Crippen molar-refractivity contribution in [3.05, 3.63) is 65.9 Å². The largest absolute Gasteiger partial charge is 0.369 e. The highest BCUT2D eigenvalue weighted by Crippen LogP contribution is 2.27. The van der Waals surface area contributed by atoms with E-state index in [1.807, 2.05) is 12.1 Å². The highest BCUT2D eigenvalue weighted by molar-refractivity contribution is 5.81. The number of aromatic amines is 1. The van der Waals surface area contributed by atoms with Crippen molar-refractivity contribution in [1.29, 1.82) is 0 Å². The van der Waals surface area contributed by atoms with E-state index in [-0.39, 0.29) is 6.10 Å². The molecule has 1 aliphatic heterocycles. The number of nitrogens with zero attached hydrogens (tertiary/aromatic N) is 2. The van der Waals surface area contributed by atoms with Gasteiger partial charge >= 0.3 is 0 Å². The number of ether oxygens (including phenoxy) is 1. The Morgan fingerprint density at radius 1 is 1.09 bits per heavy atom. The molecule has 1 saturated heterocycles. The average Bonchev–Trinajstić information content (AvgIpc) is 3.00. The third-order valence-electron chi connectivity index (χ3n) is 4.20. The van der Waals surface area contributed by atoms with Crippen LogP contribution in [-0.2, 0) is 11.3 Å². The molecule has 1 N–H and O–H groups in total. The van der Waals surface area contributed by atoms with E-state index in [0.717, 1.165) is 42.8 Å². The molecule has 4 nitrogen and oxygen atoms in total. The van der Waals surface area contributed by atoms with E-state index in [2.05, 4.69) is 57.6 Å². The van der Waals surface area contributed by atoms with E-state index in [1.54, 1.807) is 0 Å². The molecule has 4 heteroatoms. The van der Waals surface area contributed by atoms with Crippen molar-refractivity contribution in [2.24, 2.45) is 0 Å². The van der Waals surface area contributed by atoms with E-state index in [0.29, 0.717) is 0 Å². The quantitative estimate of drug-likeness (QED) is 0.806. The maximum Gasteiger partial charge on any atom is 0.115 e. The summed E-state index contributed by atoms with van der Waals surface area (Å²) in [6.07, 6.45) is 0.0358. The molecule has 112 valence electrons.